The Kier molecular flexibility index (Phi) is 18.5. The summed E-state index contributed by atoms with van der Waals surface area (Å²) in [6, 6.07) is 154. The summed E-state index contributed by atoms with van der Waals surface area (Å²) in [7, 11) is 0. The molecule has 0 radical (unpaired) electrons. The summed E-state index contributed by atoms with van der Waals surface area (Å²) in [4.78, 5) is 30.3. The fraction of sp³-hybridized carbons (Fsp3) is 0. The Balaban J connectivity index is 0.000000150. The van der Waals surface area contributed by atoms with Crippen LogP contribution in [0.5, 0.6) is 0 Å². The van der Waals surface area contributed by atoms with E-state index in [2.05, 4.69) is 349 Å². The lowest BCUT2D eigenvalue weighted by molar-refractivity contribution is 1.07. The van der Waals surface area contributed by atoms with Crippen LogP contribution in [0.4, 0.5) is 0 Å². The molecule has 0 unspecified atom stereocenters. The zero-order valence-electron chi connectivity index (χ0n) is 63.1. The van der Waals surface area contributed by atoms with Crippen LogP contribution in [-0.2, 0) is 0 Å². The summed E-state index contributed by atoms with van der Waals surface area (Å²) in [6.45, 7) is 0. The summed E-state index contributed by atoms with van der Waals surface area (Å²) < 4.78 is 4.82. The van der Waals surface area contributed by atoms with Gasteiger partial charge in [-0.1, -0.05) is 364 Å². The van der Waals surface area contributed by atoms with Crippen molar-refractivity contribution < 1.29 is 0 Å². The van der Waals surface area contributed by atoms with Gasteiger partial charge in [-0.15, -0.1) is 0 Å². The van der Waals surface area contributed by atoms with Gasteiger partial charge in [0.1, 0.15) is 0 Å². The van der Waals surface area contributed by atoms with E-state index in [1.807, 2.05) is 97.1 Å². The van der Waals surface area contributed by atoms with Crippen molar-refractivity contribution >= 4 is 43.6 Å². The van der Waals surface area contributed by atoms with Crippen molar-refractivity contribution in [2.75, 3.05) is 0 Å². The standard InChI is InChI=1S/C57H38N4.C51H34N4/c1-7-20-39(21-8-1)44-34-35-50-49(37-44)54-51(61(50)47-32-17-6-18-33-47)38-48(40-22-9-2-10-23-40)52(41-24-11-3-12-25-41)53(54)45-30-19-31-46(36-45)57-59-55(42-26-13-4-14-27-42)58-56(60-57)43-28-15-5-16-29-43;1-5-15-35(16-6-1)37-27-30-43(31-28-37)55-46-32-29-40(36-17-7-2-8-18-36)34-45(46)48-44(25-14-26-47(48)55)41-23-13-24-42(33-41)51-53-49(38-19-9-3-10-20-38)52-50(54-51)39-21-11-4-12-22-39/h1-38H;1-34H. The number of para-hydroxylation sites is 1. The molecule has 0 N–H and O–H groups in total. The highest BCUT2D eigenvalue weighted by Crippen LogP contribution is 2.50. The van der Waals surface area contributed by atoms with E-state index in [1.54, 1.807) is 0 Å². The minimum atomic E-state index is 0.615. The molecule has 8 heteroatoms. The maximum atomic E-state index is 5.15. The molecule has 0 saturated heterocycles. The quantitative estimate of drug-likeness (QED) is 0.102. The number of aromatic nitrogens is 8. The van der Waals surface area contributed by atoms with Crippen molar-refractivity contribution in [2.24, 2.45) is 0 Å². The fourth-order valence-electron chi connectivity index (χ4n) is 16.2. The van der Waals surface area contributed by atoms with E-state index in [9.17, 15) is 0 Å². The first kappa shape index (κ1) is 69.5. The molecule has 0 aliphatic heterocycles. The van der Waals surface area contributed by atoms with Crippen LogP contribution >= 0.6 is 0 Å². The van der Waals surface area contributed by atoms with Crippen LogP contribution in [0.15, 0.2) is 437 Å². The molecule has 21 aromatic rings. The lowest BCUT2D eigenvalue weighted by Crippen LogP contribution is -2.00. The molecule has 116 heavy (non-hydrogen) atoms. The van der Waals surface area contributed by atoms with Crippen molar-refractivity contribution in [1.82, 2.24) is 39.0 Å². The summed E-state index contributed by atoms with van der Waals surface area (Å²) in [5.41, 5.74) is 28.6. The van der Waals surface area contributed by atoms with Gasteiger partial charge in [0.25, 0.3) is 0 Å². The first-order chi connectivity index (χ1) is 57.5. The average Bonchev–Trinajstić information content (AvgIpc) is 1.54. The third-order valence-corrected chi connectivity index (χ3v) is 21.7. The first-order valence-electron chi connectivity index (χ1n) is 39.1. The van der Waals surface area contributed by atoms with E-state index in [0.29, 0.717) is 34.9 Å². The molecule has 4 heterocycles. The molecule has 0 saturated carbocycles. The monoisotopic (exact) mass is 1480 g/mol. The van der Waals surface area contributed by atoms with Crippen LogP contribution in [0, 0.1) is 0 Å². The van der Waals surface area contributed by atoms with Gasteiger partial charge in [-0.25, -0.2) is 29.9 Å². The Morgan fingerprint density at radius 3 is 0.888 bits per heavy atom. The van der Waals surface area contributed by atoms with Crippen LogP contribution in [0.3, 0.4) is 0 Å². The zero-order chi connectivity index (χ0) is 77.1. The molecule has 0 fully saturated rings. The molecule has 0 bridgehead atoms. The highest BCUT2D eigenvalue weighted by molar-refractivity contribution is 6.22. The lowest BCUT2D eigenvalue weighted by atomic mass is 9.84. The second-order valence-electron chi connectivity index (χ2n) is 28.9. The molecule has 0 atom stereocenters. The molecule has 0 aliphatic carbocycles. The van der Waals surface area contributed by atoms with Crippen LogP contribution in [0.25, 0.3) is 201 Å². The smallest absolute Gasteiger partial charge is 0.164 e. The Bertz CT molecular complexity index is 6990. The van der Waals surface area contributed by atoms with E-state index < -0.39 is 0 Å². The summed E-state index contributed by atoms with van der Waals surface area (Å²) in [5, 5.41) is 4.75. The number of benzene rings is 17. The Labute approximate surface area is 672 Å². The fourth-order valence-corrected chi connectivity index (χ4v) is 16.2. The minimum Gasteiger partial charge on any atom is -0.309 e. The third kappa shape index (κ3) is 13.5. The van der Waals surface area contributed by atoms with Crippen molar-refractivity contribution in [3.05, 3.63) is 437 Å². The van der Waals surface area contributed by atoms with Gasteiger partial charge in [-0.3, -0.25) is 0 Å². The molecule has 0 amide bonds. The molecule has 0 aliphatic rings. The maximum Gasteiger partial charge on any atom is 0.164 e. The topological polar surface area (TPSA) is 87.2 Å². The van der Waals surface area contributed by atoms with E-state index in [-0.39, 0.29) is 0 Å². The summed E-state index contributed by atoms with van der Waals surface area (Å²) in [5.74, 6) is 3.80. The Hall–Kier alpha value is -15.6. The van der Waals surface area contributed by atoms with Crippen LogP contribution in [0.1, 0.15) is 0 Å². The first-order valence-corrected chi connectivity index (χ1v) is 39.1. The van der Waals surface area contributed by atoms with Crippen molar-refractivity contribution in [3.8, 4) is 158 Å². The average molecular weight is 1480 g/mol. The number of hydrogen-bond donors (Lipinski definition) is 0. The highest BCUT2D eigenvalue weighted by atomic mass is 15.0. The van der Waals surface area contributed by atoms with E-state index in [0.717, 1.165) is 106 Å². The molecule has 21 rings (SSSR count). The predicted molar refractivity (Wildman–Crippen MR) is 479 cm³/mol. The third-order valence-electron chi connectivity index (χ3n) is 21.7. The zero-order valence-corrected chi connectivity index (χ0v) is 63.1. The molecule has 17 aromatic carbocycles. The lowest BCUT2D eigenvalue weighted by Gasteiger charge is -2.20. The predicted octanol–water partition coefficient (Wildman–Crippen LogP) is 27.6. The summed E-state index contributed by atoms with van der Waals surface area (Å²) >= 11 is 0. The summed E-state index contributed by atoms with van der Waals surface area (Å²) in [6.07, 6.45) is 0. The molecular formula is C108H72N8. The number of fused-ring (bicyclic) bond motifs is 6. The van der Waals surface area contributed by atoms with Gasteiger partial charge >= 0.3 is 0 Å². The Morgan fingerprint density at radius 2 is 0.448 bits per heavy atom. The second-order valence-corrected chi connectivity index (χ2v) is 28.9. The van der Waals surface area contributed by atoms with Crippen LogP contribution < -0.4 is 0 Å². The SMILES string of the molecule is c1ccc(-c2ccc(-n3c4ccc(-c5ccccc5)cc4c4c(-c5cccc(-c6nc(-c7ccccc7)nc(-c7ccccc7)n6)c5)cccc43)cc2)cc1.c1ccc(-c2ccc3c(c2)c2c(-c4cccc(-c5nc(-c6ccccc6)nc(-c6ccccc6)n5)c4)c(-c4ccccc4)c(-c4ccccc4)cc2n3-c2ccccc2)cc1. The van der Waals surface area contributed by atoms with E-state index >= 15 is 0 Å². The van der Waals surface area contributed by atoms with E-state index in [1.165, 1.54) is 60.5 Å². The van der Waals surface area contributed by atoms with Crippen LogP contribution in [-0.4, -0.2) is 39.0 Å². The molecular weight excluding hydrogens is 1410 g/mol. The normalized spacial score (nSPS) is 11.3. The van der Waals surface area contributed by atoms with Gasteiger partial charge in [-0.05, 0) is 145 Å². The highest BCUT2D eigenvalue weighted by Gasteiger charge is 2.27. The van der Waals surface area contributed by atoms with Crippen molar-refractivity contribution in [1.29, 1.82) is 0 Å². The van der Waals surface area contributed by atoms with Crippen molar-refractivity contribution in [2.45, 2.75) is 0 Å². The molecule has 8 nitrogen and oxygen atoms in total. The van der Waals surface area contributed by atoms with Crippen molar-refractivity contribution in [3.63, 3.8) is 0 Å². The number of hydrogen-bond acceptors (Lipinski definition) is 6. The minimum absolute atomic E-state index is 0.615. The largest absolute Gasteiger partial charge is 0.309 e. The molecule has 0 spiro atoms. The Morgan fingerprint density at radius 1 is 0.147 bits per heavy atom. The van der Waals surface area contributed by atoms with Crippen LogP contribution in [0.2, 0.25) is 0 Å². The number of rotatable bonds is 15. The van der Waals surface area contributed by atoms with Gasteiger partial charge in [-0.2, -0.15) is 0 Å². The number of nitrogens with zero attached hydrogens (tertiary/aromatic N) is 8. The van der Waals surface area contributed by atoms with Gasteiger partial charge in [0.2, 0.25) is 0 Å². The van der Waals surface area contributed by atoms with E-state index in [4.69, 9.17) is 29.9 Å². The van der Waals surface area contributed by atoms with Gasteiger partial charge in [0.15, 0.2) is 34.9 Å². The molecule has 4 aromatic heterocycles. The second kappa shape index (κ2) is 30.9. The van der Waals surface area contributed by atoms with Gasteiger partial charge in [0.05, 0.1) is 22.1 Å². The van der Waals surface area contributed by atoms with Gasteiger partial charge in [0, 0.05) is 71.9 Å². The van der Waals surface area contributed by atoms with Gasteiger partial charge < -0.3 is 9.13 Å². The maximum absolute atomic E-state index is 5.15. The molecule has 544 valence electrons.